The molecule has 0 atom stereocenters. The third kappa shape index (κ3) is 7.11. The van der Waals surface area contributed by atoms with Gasteiger partial charge in [0.05, 0.1) is 4.90 Å². The molecule has 2 aromatic rings. The lowest BCUT2D eigenvalue weighted by Gasteiger charge is -2.13. The van der Waals surface area contributed by atoms with Crippen LogP contribution in [0.1, 0.15) is 49.7 Å². The minimum absolute atomic E-state index is 0.0348. The summed E-state index contributed by atoms with van der Waals surface area (Å²) in [5, 5.41) is 2.98. The van der Waals surface area contributed by atoms with Crippen molar-refractivity contribution in [1.82, 2.24) is 10.0 Å². The Labute approximate surface area is 179 Å². The third-order valence-corrected chi connectivity index (χ3v) is 6.75. The highest BCUT2D eigenvalue weighted by molar-refractivity contribution is 7.89. The summed E-state index contributed by atoms with van der Waals surface area (Å²) in [6.07, 6.45) is 9.09. The molecule has 0 saturated carbocycles. The second kappa shape index (κ2) is 11.1. The molecule has 6 heteroatoms. The summed E-state index contributed by atoms with van der Waals surface area (Å²) in [5.41, 5.74) is 3.31. The number of hydrogen-bond donors (Lipinski definition) is 2. The minimum Gasteiger partial charge on any atom is -0.356 e. The minimum atomic E-state index is -3.56. The van der Waals surface area contributed by atoms with Gasteiger partial charge in [-0.05, 0) is 61.8 Å². The Balaban J connectivity index is 1.42. The Kier molecular flexibility index (Phi) is 8.22. The maximum atomic E-state index is 12.5. The molecule has 160 valence electrons. The molecular weight excluding hydrogens is 396 g/mol. The van der Waals surface area contributed by atoms with E-state index in [0.29, 0.717) is 19.4 Å². The molecule has 0 aliphatic heterocycles. The van der Waals surface area contributed by atoms with E-state index in [1.807, 2.05) is 30.3 Å². The Bertz CT molecular complexity index is 952. The summed E-state index contributed by atoms with van der Waals surface area (Å²) in [4.78, 5) is 12.3. The molecule has 30 heavy (non-hydrogen) atoms. The predicted octanol–water partition coefficient (Wildman–Crippen LogP) is 4.10. The van der Waals surface area contributed by atoms with Gasteiger partial charge >= 0.3 is 0 Å². The molecule has 0 fully saturated rings. The SMILES string of the molecule is O=C(CCc1ccc(S(=O)(=O)NCc2ccccc2)cc1)NCCC1=CCCCC1. The first kappa shape index (κ1) is 22.2. The summed E-state index contributed by atoms with van der Waals surface area (Å²) in [5.74, 6) is 0.0348. The molecule has 0 heterocycles. The van der Waals surface area contributed by atoms with Gasteiger partial charge in [0.15, 0.2) is 0 Å². The van der Waals surface area contributed by atoms with Crippen molar-refractivity contribution in [3.8, 4) is 0 Å². The summed E-state index contributed by atoms with van der Waals surface area (Å²) in [7, 11) is -3.56. The number of rotatable bonds is 10. The molecule has 0 bridgehead atoms. The van der Waals surface area contributed by atoms with Gasteiger partial charge in [0.25, 0.3) is 0 Å². The molecule has 0 unspecified atom stereocenters. The fourth-order valence-corrected chi connectivity index (χ4v) is 4.55. The average molecular weight is 427 g/mol. The quantitative estimate of drug-likeness (QED) is 0.562. The zero-order valence-corrected chi connectivity index (χ0v) is 18.1. The van der Waals surface area contributed by atoms with Crippen molar-refractivity contribution < 1.29 is 13.2 Å². The number of carbonyl (C=O) groups is 1. The van der Waals surface area contributed by atoms with Crippen molar-refractivity contribution in [2.75, 3.05) is 6.54 Å². The summed E-state index contributed by atoms with van der Waals surface area (Å²) in [6, 6.07) is 16.1. The van der Waals surface area contributed by atoms with Crippen LogP contribution in [0.2, 0.25) is 0 Å². The zero-order valence-electron chi connectivity index (χ0n) is 17.3. The van der Waals surface area contributed by atoms with Gasteiger partial charge < -0.3 is 5.32 Å². The normalized spacial score (nSPS) is 14.2. The number of benzene rings is 2. The number of allylic oxidation sites excluding steroid dienone is 1. The zero-order chi connectivity index (χ0) is 21.2. The highest BCUT2D eigenvalue weighted by Crippen LogP contribution is 2.19. The second-order valence-electron chi connectivity index (χ2n) is 7.66. The topological polar surface area (TPSA) is 75.3 Å². The first-order valence-corrected chi connectivity index (χ1v) is 12.1. The molecule has 1 amide bonds. The van der Waals surface area contributed by atoms with Crippen LogP contribution in [-0.2, 0) is 27.8 Å². The van der Waals surface area contributed by atoms with Crippen molar-refractivity contribution in [3.63, 3.8) is 0 Å². The third-order valence-electron chi connectivity index (χ3n) is 5.34. The molecule has 0 aromatic heterocycles. The fraction of sp³-hybridized carbons (Fsp3) is 0.375. The van der Waals surface area contributed by atoms with Gasteiger partial charge in [-0.1, -0.05) is 54.1 Å². The van der Waals surface area contributed by atoms with Crippen molar-refractivity contribution in [1.29, 1.82) is 0 Å². The molecule has 1 aliphatic carbocycles. The van der Waals surface area contributed by atoms with Crippen LogP contribution < -0.4 is 10.0 Å². The maximum Gasteiger partial charge on any atom is 0.240 e. The molecule has 0 saturated heterocycles. The van der Waals surface area contributed by atoms with E-state index in [2.05, 4.69) is 16.1 Å². The van der Waals surface area contributed by atoms with E-state index in [1.165, 1.54) is 18.4 Å². The number of aryl methyl sites for hydroxylation is 1. The molecule has 3 rings (SSSR count). The van der Waals surface area contributed by atoms with Crippen LogP contribution in [0, 0.1) is 0 Å². The summed E-state index contributed by atoms with van der Waals surface area (Å²) >= 11 is 0. The van der Waals surface area contributed by atoms with E-state index < -0.39 is 10.0 Å². The van der Waals surface area contributed by atoms with Crippen molar-refractivity contribution in [2.24, 2.45) is 0 Å². The van der Waals surface area contributed by atoms with Crippen LogP contribution in [0.15, 0.2) is 71.1 Å². The second-order valence-corrected chi connectivity index (χ2v) is 9.43. The highest BCUT2D eigenvalue weighted by atomic mass is 32.2. The first-order chi connectivity index (χ1) is 14.5. The summed E-state index contributed by atoms with van der Waals surface area (Å²) < 4.78 is 27.5. The molecule has 5 nitrogen and oxygen atoms in total. The molecule has 2 N–H and O–H groups in total. The lowest BCUT2D eigenvalue weighted by atomic mass is 9.97. The van der Waals surface area contributed by atoms with Crippen LogP contribution >= 0.6 is 0 Å². The number of amides is 1. The first-order valence-electron chi connectivity index (χ1n) is 10.6. The lowest BCUT2D eigenvalue weighted by molar-refractivity contribution is -0.121. The predicted molar refractivity (Wildman–Crippen MR) is 119 cm³/mol. The fourth-order valence-electron chi connectivity index (χ4n) is 3.53. The number of nitrogens with one attached hydrogen (secondary N) is 2. The maximum absolute atomic E-state index is 12.5. The monoisotopic (exact) mass is 426 g/mol. The Morgan fingerprint density at radius 2 is 1.67 bits per heavy atom. The van der Waals surface area contributed by atoms with Crippen LogP contribution in [0.5, 0.6) is 0 Å². The van der Waals surface area contributed by atoms with E-state index in [1.54, 1.807) is 24.3 Å². The Morgan fingerprint density at radius 1 is 0.900 bits per heavy atom. The van der Waals surface area contributed by atoms with E-state index in [9.17, 15) is 13.2 Å². The molecule has 1 aliphatic rings. The van der Waals surface area contributed by atoms with Gasteiger partial charge in [-0.2, -0.15) is 0 Å². The molecule has 2 aromatic carbocycles. The van der Waals surface area contributed by atoms with Crippen LogP contribution in [0.3, 0.4) is 0 Å². The Hall–Kier alpha value is -2.44. The highest BCUT2D eigenvalue weighted by Gasteiger charge is 2.13. The van der Waals surface area contributed by atoms with Gasteiger partial charge in [0.2, 0.25) is 15.9 Å². The van der Waals surface area contributed by atoms with Gasteiger partial charge in [-0.3, -0.25) is 4.79 Å². The largest absolute Gasteiger partial charge is 0.356 e. The lowest BCUT2D eigenvalue weighted by Crippen LogP contribution is -2.25. The number of hydrogen-bond acceptors (Lipinski definition) is 3. The van der Waals surface area contributed by atoms with Crippen molar-refractivity contribution in [2.45, 2.75) is 56.4 Å². The van der Waals surface area contributed by atoms with Crippen molar-refractivity contribution >= 4 is 15.9 Å². The van der Waals surface area contributed by atoms with Gasteiger partial charge in [0, 0.05) is 19.5 Å². The van der Waals surface area contributed by atoms with Gasteiger partial charge in [-0.15, -0.1) is 0 Å². The van der Waals surface area contributed by atoms with E-state index in [4.69, 9.17) is 0 Å². The van der Waals surface area contributed by atoms with Crippen LogP contribution in [0.4, 0.5) is 0 Å². The van der Waals surface area contributed by atoms with Gasteiger partial charge in [-0.25, -0.2) is 13.1 Å². The standard InChI is InChI=1S/C24H30N2O3S/c27-24(25-18-17-20-7-3-1-4-8-20)16-13-21-11-14-23(15-12-21)30(28,29)26-19-22-9-5-2-6-10-22/h2,5-7,9-12,14-15,26H,1,3-4,8,13,16-19H2,(H,25,27). The smallest absolute Gasteiger partial charge is 0.240 e. The van der Waals surface area contributed by atoms with E-state index in [-0.39, 0.29) is 17.3 Å². The molecular formula is C24H30N2O3S. The summed E-state index contributed by atoms with van der Waals surface area (Å²) in [6.45, 7) is 0.941. The molecule has 0 radical (unpaired) electrons. The van der Waals surface area contributed by atoms with E-state index >= 15 is 0 Å². The number of sulfonamides is 1. The molecule has 0 spiro atoms. The Morgan fingerprint density at radius 3 is 2.37 bits per heavy atom. The van der Waals surface area contributed by atoms with Crippen molar-refractivity contribution in [3.05, 3.63) is 77.4 Å². The van der Waals surface area contributed by atoms with Gasteiger partial charge in [0.1, 0.15) is 0 Å². The average Bonchev–Trinajstić information content (AvgIpc) is 2.78. The van der Waals surface area contributed by atoms with E-state index in [0.717, 1.165) is 30.4 Å². The van der Waals surface area contributed by atoms with Crippen LogP contribution in [0.25, 0.3) is 0 Å². The number of carbonyl (C=O) groups excluding carboxylic acids is 1. The van der Waals surface area contributed by atoms with Crippen LogP contribution in [-0.4, -0.2) is 20.9 Å².